The van der Waals surface area contributed by atoms with Crippen LogP contribution in [0.2, 0.25) is 0 Å². The number of anilines is 1. The topological polar surface area (TPSA) is 43.8 Å². The lowest BCUT2D eigenvalue weighted by Crippen LogP contribution is -2.04. The van der Waals surface area contributed by atoms with Gasteiger partial charge in [0.05, 0.1) is 12.7 Å². The molecule has 0 fully saturated rings. The number of nitrogen functional groups attached to an aromatic ring is 1. The Labute approximate surface area is 67.4 Å². The molecule has 0 saturated heterocycles. The third-order valence-electron chi connectivity index (χ3n) is 1.05. The zero-order chi connectivity index (χ0) is 6.69. The molecule has 4 heteroatoms. The second-order valence-corrected chi connectivity index (χ2v) is 2.75. The Morgan fingerprint density at radius 3 is 3.00 bits per heavy atom. The molecule has 2 N–H and O–H groups in total. The number of nitrogens with two attached hydrogens (primary N) is 1. The summed E-state index contributed by atoms with van der Waals surface area (Å²) in [5, 5.41) is 3.99. The number of aromatic nitrogens is 2. The summed E-state index contributed by atoms with van der Waals surface area (Å²) in [6.07, 6.45) is 1.71. The molecule has 0 amide bonds. The molecule has 0 bridgehead atoms. The van der Waals surface area contributed by atoms with Crippen LogP contribution in [0.3, 0.4) is 0 Å². The van der Waals surface area contributed by atoms with E-state index in [0.717, 1.165) is 16.8 Å². The summed E-state index contributed by atoms with van der Waals surface area (Å²) in [5.41, 5.74) is 5.52. The molecule has 9 heavy (non-hydrogen) atoms. The van der Waals surface area contributed by atoms with Crippen molar-refractivity contribution in [3.63, 3.8) is 0 Å². The van der Waals surface area contributed by atoms with Crippen LogP contribution in [0.4, 0.5) is 5.82 Å². The van der Waals surface area contributed by atoms with E-state index < -0.39 is 0 Å². The van der Waals surface area contributed by atoms with Crippen molar-refractivity contribution < 1.29 is 0 Å². The van der Waals surface area contributed by atoms with Gasteiger partial charge < -0.3 is 5.73 Å². The summed E-state index contributed by atoms with van der Waals surface area (Å²) in [4.78, 5) is 0. The molecular weight excluding hydrogens is 229 g/mol. The van der Waals surface area contributed by atoms with Crippen LogP contribution in [0.1, 0.15) is 0 Å². The summed E-state index contributed by atoms with van der Waals surface area (Å²) < 4.78 is 2.83. The number of halogens is 1. The lowest BCUT2D eigenvalue weighted by molar-refractivity contribution is 0.682. The Morgan fingerprint density at radius 2 is 2.56 bits per heavy atom. The minimum atomic E-state index is 0.742. The van der Waals surface area contributed by atoms with E-state index in [1.165, 1.54) is 0 Å². The van der Waals surface area contributed by atoms with E-state index in [4.69, 9.17) is 5.73 Å². The molecule has 0 aliphatic heterocycles. The number of rotatable bonds is 2. The number of hydrogen-bond acceptors (Lipinski definition) is 2. The molecule has 0 radical (unpaired) electrons. The molecule has 0 aliphatic carbocycles. The average molecular weight is 237 g/mol. The number of aryl methyl sites for hydroxylation is 1. The molecule has 0 aliphatic rings. The van der Waals surface area contributed by atoms with Crippen molar-refractivity contribution in [2.75, 3.05) is 10.2 Å². The Hall–Kier alpha value is -0.260. The zero-order valence-corrected chi connectivity index (χ0v) is 7.08. The highest BCUT2D eigenvalue weighted by Crippen LogP contribution is 1.99. The highest BCUT2D eigenvalue weighted by Gasteiger charge is 1.92. The lowest BCUT2D eigenvalue weighted by Gasteiger charge is -1.97. The summed E-state index contributed by atoms with van der Waals surface area (Å²) in [5.74, 6) is 0.742. The maximum Gasteiger partial charge on any atom is 0.121 e. The maximum atomic E-state index is 5.52. The van der Waals surface area contributed by atoms with Gasteiger partial charge in [-0.25, -0.2) is 4.68 Å². The maximum absolute atomic E-state index is 5.52. The number of alkyl halides is 1. The van der Waals surface area contributed by atoms with Gasteiger partial charge in [0.1, 0.15) is 5.82 Å². The number of hydrogen-bond donors (Lipinski definition) is 1. The van der Waals surface area contributed by atoms with Crippen LogP contribution in [0.15, 0.2) is 12.3 Å². The Kier molecular flexibility index (Phi) is 2.32. The summed E-state index contributed by atoms with van der Waals surface area (Å²) in [6.45, 7) is 0.902. The fourth-order valence-electron chi connectivity index (χ4n) is 0.610. The fraction of sp³-hybridized carbons (Fsp3) is 0.400. The van der Waals surface area contributed by atoms with Crippen molar-refractivity contribution in [3.05, 3.63) is 12.3 Å². The van der Waals surface area contributed by atoms with E-state index in [1.54, 1.807) is 16.9 Å². The van der Waals surface area contributed by atoms with Crippen LogP contribution in [-0.4, -0.2) is 14.2 Å². The Balaban J connectivity index is 2.69. The minimum Gasteiger partial charge on any atom is -0.384 e. The second kappa shape index (κ2) is 3.05. The van der Waals surface area contributed by atoms with Gasteiger partial charge in [0.15, 0.2) is 0 Å². The largest absolute Gasteiger partial charge is 0.384 e. The van der Waals surface area contributed by atoms with E-state index in [-0.39, 0.29) is 0 Å². The normalized spacial score (nSPS) is 9.89. The first kappa shape index (κ1) is 6.85. The first-order chi connectivity index (χ1) is 4.34. The van der Waals surface area contributed by atoms with Gasteiger partial charge in [-0.15, -0.1) is 0 Å². The third kappa shape index (κ3) is 1.57. The predicted molar refractivity (Wildman–Crippen MR) is 45.5 cm³/mol. The van der Waals surface area contributed by atoms with Crippen molar-refractivity contribution in [2.45, 2.75) is 6.54 Å². The number of nitrogens with zero attached hydrogens (tertiary/aromatic N) is 2. The van der Waals surface area contributed by atoms with Crippen LogP contribution in [0.25, 0.3) is 0 Å². The van der Waals surface area contributed by atoms with Gasteiger partial charge in [0.25, 0.3) is 0 Å². The molecule has 0 saturated carbocycles. The Morgan fingerprint density at radius 1 is 1.78 bits per heavy atom. The van der Waals surface area contributed by atoms with Crippen LogP contribution < -0.4 is 5.73 Å². The summed E-state index contributed by atoms with van der Waals surface area (Å²) in [6, 6.07) is 1.80. The van der Waals surface area contributed by atoms with Gasteiger partial charge in [-0.1, -0.05) is 22.6 Å². The second-order valence-electron chi connectivity index (χ2n) is 1.67. The van der Waals surface area contributed by atoms with Crippen molar-refractivity contribution >= 4 is 28.4 Å². The van der Waals surface area contributed by atoms with Crippen LogP contribution >= 0.6 is 22.6 Å². The van der Waals surface area contributed by atoms with Crippen LogP contribution in [0.5, 0.6) is 0 Å². The lowest BCUT2D eigenvalue weighted by atomic mass is 10.6. The molecule has 1 aromatic rings. The third-order valence-corrected chi connectivity index (χ3v) is 1.53. The van der Waals surface area contributed by atoms with E-state index in [1.807, 2.05) is 0 Å². The summed E-state index contributed by atoms with van der Waals surface area (Å²) in [7, 11) is 0. The van der Waals surface area contributed by atoms with Crippen molar-refractivity contribution in [2.24, 2.45) is 0 Å². The van der Waals surface area contributed by atoms with Crippen molar-refractivity contribution in [3.8, 4) is 0 Å². The quantitative estimate of drug-likeness (QED) is 0.613. The van der Waals surface area contributed by atoms with Gasteiger partial charge >= 0.3 is 0 Å². The highest BCUT2D eigenvalue weighted by atomic mass is 127. The summed E-state index contributed by atoms with van der Waals surface area (Å²) >= 11 is 2.29. The van der Waals surface area contributed by atoms with E-state index in [0.29, 0.717) is 0 Å². The van der Waals surface area contributed by atoms with Crippen molar-refractivity contribution in [1.29, 1.82) is 0 Å². The minimum absolute atomic E-state index is 0.742. The smallest absolute Gasteiger partial charge is 0.121 e. The molecule has 1 heterocycles. The standard InChI is InChI=1S/C5H8IN3/c6-2-4-9-5(7)1-3-8-9/h1,3H,2,4,7H2. The van der Waals surface area contributed by atoms with E-state index >= 15 is 0 Å². The molecule has 0 spiro atoms. The Bertz CT molecular complexity index is 184. The van der Waals surface area contributed by atoms with Crippen molar-refractivity contribution in [1.82, 2.24) is 9.78 Å². The first-order valence-corrected chi connectivity index (χ1v) is 4.20. The van der Waals surface area contributed by atoms with Gasteiger partial charge in [0.2, 0.25) is 0 Å². The van der Waals surface area contributed by atoms with E-state index in [2.05, 4.69) is 27.7 Å². The SMILES string of the molecule is Nc1ccnn1CCI. The molecule has 1 rings (SSSR count). The fourth-order valence-corrected chi connectivity index (χ4v) is 1.07. The van der Waals surface area contributed by atoms with Gasteiger partial charge in [-0.3, -0.25) is 0 Å². The molecule has 0 aromatic carbocycles. The molecule has 0 atom stereocenters. The molecular formula is C5H8IN3. The van der Waals surface area contributed by atoms with Crippen LogP contribution in [-0.2, 0) is 6.54 Å². The molecule has 0 unspecified atom stereocenters. The van der Waals surface area contributed by atoms with E-state index in [9.17, 15) is 0 Å². The predicted octanol–water partition coefficient (Wildman–Crippen LogP) is 0.900. The van der Waals surface area contributed by atoms with Gasteiger partial charge in [-0.05, 0) is 6.07 Å². The molecule has 3 nitrogen and oxygen atoms in total. The average Bonchev–Trinajstić information content (AvgIpc) is 2.18. The van der Waals surface area contributed by atoms with Crippen LogP contribution in [0, 0.1) is 0 Å². The van der Waals surface area contributed by atoms with Gasteiger partial charge in [0, 0.05) is 4.43 Å². The molecule has 1 aromatic heterocycles. The zero-order valence-electron chi connectivity index (χ0n) is 4.92. The van der Waals surface area contributed by atoms with Gasteiger partial charge in [-0.2, -0.15) is 5.10 Å². The first-order valence-electron chi connectivity index (χ1n) is 2.68. The highest BCUT2D eigenvalue weighted by molar-refractivity contribution is 14.1. The molecule has 50 valence electrons. The monoisotopic (exact) mass is 237 g/mol.